The van der Waals surface area contributed by atoms with Crippen molar-refractivity contribution in [2.75, 3.05) is 13.6 Å². The minimum absolute atomic E-state index is 0.113. The summed E-state index contributed by atoms with van der Waals surface area (Å²) < 4.78 is 1.53. The molecule has 0 bridgehead atoms. The first-order chi connectivity index (χ1) is 9.31. The van der Waals surface area contributed by atoms with Crippen LogP contribution in [0.1, 0.15) is 18.7 Å². The van der Waals surface area contributed by atoms with Gasteiger partial charge < -0.3 is 24.7 Å². The lowest BCUT2D eigenvalue weighted by Gasteiger charge is -2.15. The Kier molecular flexibility index (Phi) is 5.18. The second-order valence-corrected chi connectivity index (χ2v) is 4.31. The van der Waals surface area contributed by atoms with Crippen molar-refractivity contribution in [3.63, 3.8) is 0 Å². The van der Waals surface area contributed by atoms with E-state index >= 15 is 0 Å². The van der Waals surface area contributed by atoms with Crippen LogP contribution in [0, 0.1) is 17.0 Å². The van der Waals surface area contributed by atoms with E-state index in [9.17, 15) is 19.7 Å². The van der Waals surface area contributed by atoms with Gasteiger partial charge in [0, 0.05) is 33.5 Å². The number of imidazole rings is 1. The number of amides is 1. The van der Waals surface area contributed by atoms with E-state index < -0.39 is 10.9 Å². The summed E-state index contributed by atoms with van der Waals surface area (Å²) in [4.78, 5) is 37.2. The summed E-state index contributed by atoms with van der Waals surface area (Å²) in [5.41, 5.74) is 0. The summed E-state index contributed by atoms with van der Waals surface area (Å²) >= 11 is 0. The molecule has 9 nitrogen and oxygen atoms in total. The highest BCUT2D eigenvalue weighted by molar-refractivity contribution is 5.76. The lowest BCUT2D eigenvalue weighted by Crippen LogP contribution is -2.29. The molecule has 0 fully saturated rings. The lowest BCUT2D eigenvalue weighted by atomic mass is 10.3. The molecule has 0 spiro atoms. The van der Waals surface area contributed by atoms with Crippen molar-refractivity contribution in [1.82, 2.24) is 14.5 Å². The second-order valence-electron chi connectivity index (χ2n) is 4.31. The Bertz CT molecular complexity index is 525. The van der Waals surface area contributed by atoms with E-state index in [1.165, 1.54) is 22.7 Å². The van der Waals surface area contributed by atoms with E-state index in [2.05, 4.69) is 4.98 Å². The van der Waals surface area contributed by atoms with Crippen LogP contribution in [0.3, 0.4) is 0 Å². The van der Waals surface area contributed by atoms with Gasteiger partial charge in [-0.15, -0.1) is 0 Å². The van der Waals surface area contributed by atoms with Crippen molar-refractivity contribution < 1.29 is 19.6 Å². The van der Waals surface area contributed by atoms with Crippen LogP contribution in [0.4, 0.5) is 5.82 Å². The van der Waals surface area contributed by atoms with Crippen LogP contribution in [0.5, 0.6) is 0 Å². The number of carboxylic acids is 1. The summed E-state index contributed by atoms with van der Waals surface area (Å²) in [6.07, 6.45) is 1.29. The number of hydrogen-bond donors (Lipinski definition) is 1. The molecule has 20 heavy (non-hydrogen) atoms. The third-order valence-corrected chi connectivity index (χ3v) is 2.80. The fraction of sp³-hybridized carbons (Fsp3) is 0.545. The number of carbonyl (C=O) groups is 2. The summed E-state index contributed by atoms with van der Waals surface area (Å²) in [5, 5.41) is 19.1. The zero-order valence-electron chi connectivity index (χ0n) is 11.3. The second kappa shape index (κ2) is 6.64. The van der Waals surface area contributed by atoms with Crippen LogP contribution in [-0.2, 0) is 16.1 Å². The largest absolute Gasteiger partial charge is 0.481 e. The van der Waals surface area contributed by atoms with Crippen molar-refractivity contribution in [2.24, 2.45) is 0 Å². The summed E-state index contributed by atoms with van der Waals surface area (Å²) in [6.45, 7) is 2.02. The zero-order chi connectivity index (χ0) is 15.3. The molecule has 9 heteroatoms. The van der Waals surface area contributed by atoms with E-state index in [-0.39, 0.29) is 37.7 Å². The first-order valence-electron chi connectivity index (χ1n) is 5.95. The normalized spacial score (nSPS) is 10.3. The maximum absolute atomic E-state index is 11.7. The van der Waals surface area contributed by atoms with E-state index in [1.807, 2.05) is 0 Å². The van der Waals surface area contributed by atoms with Gasteiger partial charge in [-0.05, 0) is 9.91 Å². The fourth-order valence-electron chi connectivity index (χ4n) is 1.60. The van der Waals surface area contributed by atoms with Gasteiger partial charge in [0.15, 0.2) is 0 Å². The Morgan fingerprint density at radius 3 is 2.65 bits per heavy atom. The van der Waals surface area contributed by atoms with E-state index in [0.29, 0.717) is 5.82 Å². The summed E-state index contributed by atoms with van der Waals surface area (Å²) in [7, 11) is 1.52. The number of nitrogens with zero attached hydrogens (tertiary/aromatic N) is 4. The Labute approximate surface area is 115 Å². The van der Waals surface area contributed by atoms with Crippen LogP contribution >= 0.6 is 0 Å². The number of rotatable bonds is 7. The van der Waals surface area contributed by atoms with E-state index in [1.54, 1.807) is 6.92 Å². The maximum atomic E-state index is 11.7. The Balaban J connectivity index is 2.52. The Morgan fingerprint density at radius 2 is 2.15 bits per heavy atom. The minimum Gasteiger partial charge on any atom is -0.481 e. The van der Waals surface area contributed by atoms with Crippen LogP contribution in [-0.4, -0.2) is 49.9 Å². The fourth-order valence-corrected chi connectivity index (χ4v) is 1.60. The molecule has 0 aliphatic carbocycles. The minimum atomic E-state index is -0.967. The van der Waals surface area contributed by atoms with Gasteiger partial charge in [0.25, 0.3) is 0 Å². The molecular formula is C11H16N4O5. The standard InChI is InChI=1S/C11H16N4O5/c1-8-12-9(15(19)20)7-14(8)6-3-10(16)13(2)5-4-11(17)18/h7H,3-6H2,1-2H3,(H,17,18). The highest BCUT2D eigenvalue weighted by atomic mass is 16.6. The highest BCUT2D eigenvalue weighted by Crippen LogP contribution is 2.11. The van der Waals surface area contributed by atoms with Crippen LogP contribution in [0.15, 0.2) is 6.20 Å². The predicted octanol–water partition coefficient (Wildman–Crippen LogP) is 0.423. The summed E-state index contributed by atoms with van der Waals surface area (Å²) in [5.74, 6) is -0.986. The number of aryl methyl sites for hydroxylation is 2. The van der Waals surface area contributed by atoms with Crippen LogP contribution in [0.2, 0.25) is 0 Å². The molecule has 0 radical (unpaired) electrons. The molecule has 0 aromatic carbocycles. The lowest BCUT2D eigenvalue weighted by molar-refractivity contribution is -0.389. The molecule has 1 amide bonds. The highest BCUT2D eigenvalue weighted by Gasteiger charge is 2.16. The first-order valence-corrected chi connectivity index (χ1v) is 5.95. The van der Waals surface area contributed by atoms with Crippen molar-refractivity contribution >= 4 is 17.7 Å². The van der Waals surface area contributed by atoms with E-state index in [4.69, 9.17) is 5.11 Å². The molecule has 1 aromatic heterocycles. The Hall–Kier alpha value is -2.45. The van der Waals surface area contributed by atoms with Gasteiger partial charge in [-0.1, -0.05) is 0 Å². The molecule has 0 saturated heterocycles. The molecule has 0 atom stereocenters. The average Bonchev–Trinajstić information content (AvgIpc) is 2.74. The molecule has 1 aromatic rings. The molecule has 1 N–H and O–H groups in total. The third-order valence-electron chi connectivity index (χ3n) is 2.80. The topological polar surface area (TPSA) is 119 Å². The van der Waals surface area contributed by atoms with E-state index in [0.717, 1.165) is 0 Å². The number of aromatic nitrogens is 2. The molecule has 0 saturated carbocycles. The van der Waals surface area contributed by atoms with Gasteiger partial charge in [-0.2, -0.15) is 0 Å². The average molecular weight is 284 g/mol. The van der Waals surface area contributed by atoms with Gasteiger partial charge in [0.05, 0.1) is 6.42 Å². The molecule has 1 rings (SSSR count). The number of aliphatic carboxylic acids is 1. The number of carbonyl (C=O) groups excluding carboxylic acids is 1. The van der Waals surface area contributed by atoms with Crippen LogP contribution in [0.25, 0.3) is 0 Å². The van der Waals surface area contributed by atoms with Gasteiger partial charge in [0.1, 0.15) is 6.20 Å². The van der Waals surface area contributed by atoms with Gasteiger partial charge in [-0.3, -0.25) is 9.59 Å². The zero-order valence-corrected chi connectivity index (χ0v) is 11.3. The Morgan fingerprint density at radius 1 is 1.50 bits per heavy atom. The number of carboxylic acid groups (broad SMARTS) is 1. The SMILES string of the molecule is Cc1nc([N+](=O)[O-])cn1CCC(=O)N(C)CCC(=O)O. The van der Waals surface area contributed by atoms with Crippen LogP contribution < -0.4 is 0 Å². The predicted molar refractivity (Wildman–Crippen MR) is 68.1 cm³/mol. The van der Waals surface area contributed by atoms with Gasteiger partial charge in [-0.25, -0.2) is 0 Å². The molecule has 0 aliphatic rings. The molecular weight excluding hydrogens is 268 g/mol. The van der Waals surface area contributed by atoms with Crippen molar-refractivity contribution in [2.45, 2.75) is 26.3 Å². The molecule has 0 aliphatic heterocycles. The number of nitro groups is 1. The van der Waals surface area contributed by atoms with Gasteiger partial charge >= 0.3 is 11.8 Å². The maximum Gasteiger partial charge on any atom is 0.381 e. The van der Waals surface area contributed by atoms with Gasteiger partial charge in [0.2, 0.25) is 11.7 Å². The molecule has 1 heterocycles. The monoisotopic (exact) mass is 284 g/mol. The molecule has 110 valence electrons. The van der Waals surface area contributed by atoms with Crippen molar-refractivity contribution in [1.29, 1.82) is 0 Å². The third kappa shape index (κ3) is 4.34. The molecule has 0 unspecified atom stereocenters. The first kappa shape index (κ1) is 15.6. The van der Waals surface area contributed by atoms with Crippen molar-refractivity contribution in [3.8, 4) is 0 Å². The quantitative estimate of drug-likeness (QED) is 0.572. The summed E-state index contributed by atoms with van der Waals surface area (Å²) in [6, 6.07) is 0. The smallest absolute Gasteiger partial charge is 0.381 e. The number of hydrogen-bond acceptors (Lipinski definition) is 5. The van der Waals surface area contributed by atoms with Crippen molar-refractivity contribution in [3.05, 3.63) is 22.1 Å².